The number of unbranched alkanes of at least 4 members (excludes halogenated alkanes) is 5. The standard InChI is InChI=1S/C30H34O7S2/c1-2-3-4-5-6-13-20-36-29-25(30(31)37-21-23-14-9-7-10-15-23)18-19-26-28(29)27(22-38(26,32)33)39(34,35)24-16-11-8-12-17-24/h7-12,14-19,27H,2-6,13,20-22H2,1H3. The number of esters is 1. The van der Waals surface area contributed by atoms with E-state index in [1.54, 1.807) is 18.2 Å². The van der Waals surface area contributed by atoms with Crippen LogP contribution in [0.4, 0.5) is 0 Å². The van der Waals surface area contributed by atoms with Gasteiger partial charge < -0.3 is 9.47 Å². The molecule has 0 saturated carbocycles. The van der Waals surface area contributed by atoms with Crippen LogP contribution in [0.5, 0.6) is 5.75 Å². The number of hydrogen-bond acceptors (Lipinski definition) is 7. The average Bonchev–Trinajstić information content (AvgIpc) is 3.23. The van der Waals surface area contributed by atoms with Crippen molar-refractivity contribution in [2.45, 2.75) is 67.1 Å². The number of carbonyl (C=O) groups is 1. The Morgan fingerprint density at radius 2 is 1.51 bits per heavy atom. The number of hydrogen-bond donors (Lipinski definition) is 0. The van der Waals surface area contributed by atoms with Gasteiger partial charge in [-0.3, -0.25) is 0 Å². The summed E-state index contributed by atoms with van der Waals surface area (Å²) in [4.78, 5) is 13.1. The normalized spacial score (nSPS) is 16.0. The highest BCUT2D eigenvalue weighted by Gasteiger charge is 2.46. The van der Waals surface area contributed by atoms with E-state index in [1.165, 1.54) is 24.3 Å². The lowest BCUT2D eigenvalue weighted by Gasteiger charge is -2.19. The summed E-state index contributed by atoms with van der Waals surface area (Å²) in [6, 6.07) is 19.6. The highest BCUT2D eigenvalue weighted by Crippen LogP contribution is 2.47. The van der Waals surface area contributed by atoms with Gasteiger partial charge in [0.25, 0.3) is 0 Å². The molecule has 39 heavy (non-hydrogen) atoms. The Hall–Kier alpha value is -3.17. The first-order valence-corrected chi connectivity index (χ1v) is 16.5. The Morgan fingerprint density at radius 3 is 2.21 bits per heavy atom. The fraction of sp³-hybridized carbons (Fsp3) is 0.367. The summed E-state index contributed by atoms with van der Waals surface area (Å²) in [5.74, 6) is -1.35. The van der Waals surface area contributed by atoms with Crippen LogP contribution in [0.15, 0.2) is 82.6 Å². The van der Waals surface area contributed by atoms with Crippen LogP contribution in [0.1, 0.15) is 72.2 Å². The molecule has 0 aromatic heterocycles. The van der Waals surface area contributed by atoms with Crippen molar-refractivity contribution in [3.05, 3.63) is 89.5 Å². The Balaban J connectivity index is 1.70. The van der Waals surface area contributed by atoms with Crippen molar-refractivity contribution in [3.63, 3.8) is 0 Å². The largest absolute Gasteiger partial charge is 0.492 e. The van der Waals surface area contributed by atoms with Crippen molar-refractivity contribution >= 4 is 25.6 Å². The molecule has 0 aliphatic carbocycles. The smallest absolute Gasteiger partial charge is 0.342 e. The molecule has 0 radical (unpaired) electrons. The van der Waals surface area contributed by atoms with Crippen molar-refractivity contribution < 1.29 is 31.1 Å². The average molecular weight is 571 g/mol. The number of carbonyl (C=O) groups excluding carboxylic acids is 1. The predicted octanol–water partition coefficient (Wildman–Crippen LogP) is 6.09. The topological polar surface area (TPSA) is 104 Å². The first-order valence-electron chi connectivity index (χ1n) is 13.3. The SMILES string of the molecule is CCCCCCCCOc1c(C(=O)OCc2ccccc2)ccc2c1C(S(=O)(=O)c1ccccc1)CS2(=O)=O. The highest BCUT2D eigenvalue weighted by molar-refractivity contribution is 7.96. The zero-order valence-corrected chi connectivity index (χ0v) is 23.7. The van der Waals surface area contributed by atoms with Gasteiger partial charge >= 0.3 is 5.97 Å². The quantitative estimate of drug-likeness (QED) is 0.181. The second-order valence-electron chi connectivity index (χ2n) is 9.66. The van der Waals surface area contributed by atoms with E-state index in [1.807, 2.05) is 30.3 Å². The molecule has 0 spiro atoms. The highest BCUT2D eigenvalue weighted by atomic mass is 32.2. The van der Waals surface area contributed by atoms with E-state index in [0.29, 0.717) is 6.42 Å². The van der Waals surface area contributed by atoms with Crippen LogP contribution in [0, 0.1) is 0 Å². The monoisotopic (exact) mass is 570 g/mol. The summed E-state index contributed by atoms with van der Waals surface area (Å²) in [5, 5.41) is -1.40. The van der Waals surface area contributed by atoms with Gasteiger partial charge in [-0.2, -0.15) is 0 Å². The van der Waals surface area contributed by atoms with Gasteiger partial charge in [0.05, 0.1) is 22.2 Å². The lowest BCUT2D eigenvalue weighted by Crippen LogP contribution is -2.18. The number of fused-ring (bicyclic) bond motifs is 1. The molecule has 3 aromatic carbocycles. The third kappa shape index (κ3) is 6.70. The van der Waals surface area contributed by atoms with Crippen LogP contribution >= 0.6 is 0 Å². The summed E-state index contributed by atoms with van der Waals surface area (Å²) in [5.41, 5.74) is 0.814. The number of ether oxygens (including phenoxy) is 2. The van der Waals surface area contributed by atoms with Gasteiger partial charge in [-0.1, -0.05) is 87.6 Å². The third-order valence-electron chi connectivity index (χ3n) is 6.81. The fourth-order valence-corrected chi connectivity index (χ4v) is 9.05. The molecular formula is C30H34O7S2. The van der Waals surface area contributed by atoms with Crippen molar-refractivity contribution in [2.75, 3.05) is 12.4 Å². The molecule has 7 nitrogen and oxygen atoms in total. The molecule has 0 bridgehead atoms. The van der Waals surface area contributed by atoms with E-state index in [2.05, 4.69) is 6.92 Å². The van der Waals surface area contributed by atoms with Gasteiger partial charge in [0.1, 0.15) is 23.2 Å². The van der Waals surface area contributed by atoms with Crippen molar-refractivity contribution in [2.24, 2.45) is 0 Å². The lowest BCUT2D eigenvalue weighted by molar-refractivity contribution is 0.0467. The number of sulfone groups is 2. The van der Waals surface area contributed by atoms with Crippen LogP contribution in [-0.2, 0) is 31.0 Å². The predicted molar refractivity (Wildman–Crippen MR) is 149 cm³/mol. The molecule has 3 aromatic rings. The molecular weight excluding hydrogens is 536 g/mol. The number of benzene rings is 3. The van der Waals surface area contributed by atoms with Gasteiger partial charge in [-0.25, -0.2) is 21.6 Å². The summed E-state index contributed by atoms with van der Waals surface area (Å²) in [6.07, 6.45) is 6.04. The Morgan fingerprint density at radius 1 is 0.872 bits per heavy atom. The Labute approximate surface area is 231 Å². The van der Waals surface area contributed by atoms with Crippen LogP contribution < -0.4 is 4.74 Å². The molecule has 1 atom stereocenters. The van der Waals surface area contributed by atoms with Gasteiger partial charge in [0.2, 0.25) is 0 Å². The van der Waals surface area contributed by atoms with Crippen LogP contribution in [-0.4, -0.2) is 35.2 Å². The summed E-state index contributed by atoms with van der Waals surface area (Å²) >= 11 is 0. The molecule has 0 saturated heterocycles. The molecule has 4 rings (SSSR count). The van der Waals surface area contributed by atoms with Gasteiger partial charge in [0.15, 0.2) is 19.7 Å². The van der Waals surface area contributed by atoms with Crippen molar-refractivity contribution in [3.8, 4) is 5.75 Å². The molecule has 1 aliphatic heterocycles. The Kier molecular flexibility index (Phi) is 9.45. The van der Waals surface area contributed by atoms with E-state index in [0.717, 1.165) is 37.7 Å². The molecule has 0 fully saturated rings. The van der Waals surface area contributed by atoms with Crippen LogP contribution in [0.2, 0.25) is 0 Å². The molecule has 208 valence electrons. The van der Waals surface area contributed by atoms with E-state index >= 15 is 0 Å². The molecule has 1 heterocycles. The van der Waals surface area contributed by atoms with E-state index in [-0.39, 0.29) is 39.9 Å². The summed E-state index contributed by atoms with van der Waals surface area (Å²) < 4.78 is 65.2. The third-order valence-corrected chi connectivity index (χ3v) is 10.9. The molecule has 0 N–H and O–H groups in total. The van der Waals surface area contributed by atoms with E-state index < -0.39 is 36.6 Å². The maximum absolute atomic E-state index is 13.7. The molecule has 9 heteroatoms. The molecule has 0 amide bonds. The van der Waals surface area contributed by atoms with Crippen molar-refractivity contribution in [1.82, 2.24) is 0 Å². The fourth-order valence-electron chi connectivity index (χ4n) is 4.72. The Bertz CT molecular complexity index is 1480. The zero-order chi connectivity index (χ0) is 27.9. The minimum atomic E-state index is -4.10. The molecule has 1 unspecified atom stereocenters. The van der Waals surface area contributed by atoms with E-state index in [9.17, 15) is 21.6 Å². The second-order valence-corrected chi connectivity index (χ2v) is 13.8. The summed E-state index contributed by atoms with van der Waals surface area (Å²) in [6.45, 7) is 2.38. The minimum absolute atomic E-state index is 0.0111. The lowest BCUT2D eigenvalue weighted by atomic mass is 10.1. The maximum atomic E-state index is 13.7. The zero-order valence-electron chi connectivity index (χ0n) is 22.0. The van der Waals surface area contributed by atoms with Crippen LogP contribution in [0.3, 0.4) is 0 Å². The second kappa shape index (κ2) is 12.8. The maximum Gasteiger partial charge on any atom is 0.342 e. The molecule has 1 aliphatic rings. The van der Waals surface area contributed by atoms with Gasteiger partial charge in [-0.05, 0) is 36.2 Å². The first-order chi connectivity index (χ1) is 18.8. The van der Waals surface area contributed by atoms with Crippen molar-refractivity contribution in [1.29, 1.82) is 0 Å². The minimum Gasteiger partial charge on any atom is -0.492 e. The van der Waals surface area contributed by atoms with Gasteiger partial charge in [0, 0.05) is 5.56 Å². The first kappa shape index (κ1) is 28.8. The van der Waals surface area contributed by atoms with Gasteiger partial charge in [-0.15, -0.1) is 0 Å². The summed E-state index contributed by atoms with van der Waals surface area (Å²) in [7, 11) is -8.02. The number of rotatable bonds is 13. The van der Waals surface area contributed by atoms with Crippen LogP contribution in [0.25, 0.3) is 0 Å². The van der Waals surface area contributed by atoms with E-state index in [4.69, 9.17) is 9.47 Å².